The number of hydrogen-bond donors (Lipinski definition) is 2. The molecule has 21 heavy (non-hydrogen) atoms. The van der Waals surface area contributed by atoms with Gasteiger partial charge in [0.2, 0.25) is 0 Å². The van der Waals surface area contributed by atoms with Crippen molar-refractivity contribution in [3.63, 3.8) is 0 Å². The number of nitrogens with two attached hydrogens (primary N) is 1. The molecule has 0 atom stereocenters. The van der Waals surface area contributed by atoms with Gasteiger partial charge >= 0.3 is 6.03 Å². The normalized spacial score (nSPS) is 13.1. The quantitative estimate of drug-likeness (QED) is 0.787. The van der Waals surface area contributed by atoms with E-state index in [4.69, 9.17) is 17.3 Å². The standard InChI is InChI=1S/C16H16ClN3O/c1-10-7-11-5-6-20(15(11)9-14(10)18)16(21)19-13-4-2-3-12(17)8-13/h2-4,7-9H,5-6,18H2,1H3,(H,19,21). The number of nitrogens with one attached hydrogen (secondary N) is 1. The fraction of sp³-hybridized carbons (Fsp3) is 0.188. The highest BCUT2D eigenvalue weighted by molar-refractivity contribution is 6.30. The Hall–Kier alpha value is -2.20. The van der Waals surface area contributed by atoms with Crippen LogP contribution in [0, 0.1) is 6.92 Å². The number of carbonyl (C=O) groups is 1. The first-order valence-electron chi connectivity index (χ1n) is 6.77. The van der Waals surface area contributed by atoms with Gasteiger partial charge in [0.25, 0.3) is 0 Å². The molecule has 0 bridgehead atoms. The van der Waals surface area contributed by atoms with E-state index in [0.717, 1.165) is 23.2 Å². The Labute approximate surface area is 128 Å². The van der Waals surface area contributed by atoms with Gasteiger partial charge in [0.05, 0.1) is 5.69 Å². The lowest BCUT2D eigenvalue weighted by Crippen LogP contribution is -2.33. The molecule has 0 aliphatic carbocycles. The smallest absolute Gasteiger partial charge is 0.326 e. The number of amides is 2. The Morgan fingerprint density at radius 3 is 2.90 bits per heavy atom. The lowest BCUT2D eigenvalue weighted by Gasteiger charge is -2.19. The molecule has 4 nitrogen and oxygen atoms in total. The number of carbonyl (C=O) groups excluding carboxylic acids is 1. The minimum Gasteiger partial charge on any atom is -0.398 e. The summed E-state index contributed by atoms with van der Waals surface area (Å²) in [6.45, 7) is 2.63. The maximum absolute atomic E-state index is 12.4. The molecular weight excluding hydrogens is 286 g/mol. The number of fused-ring (bicyclic) bond motifs is 1. The third-order valence-corrected chi connectivity index (χ3v) is 3.92. The monoisotopic (exact) mass is 301 g/mol. The molecule has 3 N–H and O–H groups in total. The summed E-state index contributed by atoms with van der Waals surface area (Å²) in [4.78, 5) is 14.1. The molecule has 0 saturated carbocycles. The summed E-state index contributed by atoms with van der Waals surface area (Å²) in [5, 5.41) is 3.45. The van der Waals surface area contributed by atoms with Gasteiger partial charge in [-0.15, -0.1) is 0 Å². The van der Waals surface area contributed by atoms with E-state index in [1.54, 1.807) is 23.1 Å². The summed E-state index contributed by atoms with van der Waals surface area (Å²) in [5.41, 5.74) is 10.4. The van der Waals surface area contributed by atoms with Crippen LogP contribution in [0.4, 0.5) is 21.9 Å². The molecule has 108 valence electrons. The van der Waals surface area contributed by atoms with Gasteiger partial charge in [-0.1, -0.05) is 23.7 Å². The zero-order chi connectivity index (χ0) is 15.0. The number of benzene rings is 2. The van der Waals surface area contributed by atoms with Gasteiger partial charge in [-0.25, -0.2) is 4.79 Å². The number of nitrogens with zero attached hydrogens (tertiary/aromatic N) is 1. The van der Waals surface area contributed by atoms with Crippen molar-refractivity contribution < 1.29 is 4.79 Å². The van der Waals surface area contributed by atoms with Gasteiger partial charge in [0, 0.05) is 22.9 Å². The second-order valence-electron chi connectivity index (χ2n) is 5.18. The molecular formula is C16H16ClN3O. The zero-order valence-corrected chi connectivity index (χ0v) is 12.4. The Balaban J connectivity index is 1.84. The number of halogens is 1. The number of urea groups is 1. The third-order valence-electron chi connectivity index (χ3n) is 3.68. The Bertz CT molecular complexity index is 715. The number of rotatable bonds is 1. The van der Waals surface area contributed by atoms with Crippen molar-refractivity contribution in [3.8, 4) is 0 Å². The highest BCUT2D eigenvalue weighted by Gasteiger charge is 2.25. The molecule has 2 aromatic rings. The Morgan fingerprint density at radius 1 is 1.33 bits per heavy atom. The molecule has 2 amide bonds. The molecule has 0 spiro atoms. The van der Waals surface area contributed by atoms with Crippen LogP contribution in [0.5, 0.6) is 0 Å². The molecule has 0 unspecified atom stereocenters. The van der Waals surface area contributed by atoms with Crippen LogP contribution in [0.25, 0.3) is 0 Å². The largest absolute Gasteiger partial charge is 0.398 e. The van der Waals surface area contributed by atoms with E-state index < -0.39 is 0 Å². The van der Waals surface area contributed by atoms with Crippen LogP contribution in [0.2, 0.25) is 5.02 Å². The van der Waals surface area contributed by atoms with Gasteiger partial charge in [0.1, 0.15) is 0 Å². The average Bonchev–Trinajstić information content (AvgIpc) is 2.82. The highest BCUT2D eigenvalue weighted by Crippen LogP contribution is 2.32. The Kier molecular flexibility index (Phi) is 3.47. The van der Waals surface area contributed by atoms with E-state index in [2.05, 4.69) is 11.4 Å². The third kappa shape index (κ3) is 2.67. The number of hydrogen-bond acceptors (Lipinski definition) is 2. The first-order valence-corrected chi connectivity index (χ1v) is 7.15. The minimum atomic E-state index is -0.167. The van der Waals surface area contributed by atoms with E-state index in [9.17, 15) is 4.79 Å². The van der Waals surface area contributed by atoms with Crippen molar-refractivity contribution >= 4 is 34.7 Å². The molecule has 1 aliphatic heterocycles. The fourth-order valence-corrected chi connectivity index (χ4v) is 2.74. The van der Waals surface area contributed by atoms with Crippen LogP contribution in [-0.4, -0.2) is 12.6 Å². The summed E-state index contributed by atoms with van der Waals surface area (Å²) in [6.07, 6.45) is 0.847. The lowest BCUT2D eigenvalue weighted by molar-refractivity contribution is 0.257. The van der Waals surface area contributed by atoms with Gasteiger partial charge in [0.15, 0.2) is 0 Å². The van der Waals surface area contributed by atoms with Crippen molar-refractivity contribution in [3.05, 3.63) is 52.5 Å². The van der Waals surface area contributed by atoms with Gasteiger partial charge < -0.3 is 11.1 Å². The fourth-order valence-electron chi connectivity index (χ4n) is 2.54. The molecule has 0 radical (unpaired) electrons. The number of nitrogen functional groups attached to an aromatic ring is 1. The number of aryl methyl sites for hydroxylation is 1. The topological polar surface area (TPSA) is 58.4 Å². The van der Waals surface area contributed by atoms with Crippen LogP contribution in [0.3, 0.4) is 0 Å². The van der Waals surface area contributed by atoms with Gasteiger partial charge in [-0.3, -0.25) is 4.90 Å². The summed E-state index contributed by atoms with van der Waals surface area (Å²) in [7, 11) is 0. The van der Waals surface area contributed by atoms with Crippen LogP contribution in [-0.2, 0) is 6.42 Å². The van der Waals surface area contributed by atoms with Gasteiger partial charge in [-0.05, 0) is 48.7 Å². The first-order chi connectivity index (χ1) is 10.0. The summed E-state index contributed by atoms with van der Waals surface area (Å²) in [5.74, 6) is 0. The van der Waals surface area contributed by atoms with Crippen LogP contribution in [0.15, 0.2) is 36.4 Å². The van der Waals surface area contributed by atoms with Crippen molar-refractivity contribution in [1.82, 2.24) is 0 Å². The van der Waals surface area contributed by atoms with Crippen molar-refractivity contribution in [2.75, 3.05) is 22.5 Å². The second-order valence-corrected chi connectivity index (χ2v) is 5.62. The maximum atomic E-state index is 12.4. The predicted molar refractivity (Wildman–Crippen MR) is 87.1 cm³/mol. The van der Waals surface area contributed by atoms with Crippen molar-refractivity contribution in [2.45, 2.75) is 13.3 Å². The minimum absolute atomic E-state index is 0.167. The first kappa shape index (κ1) is 13.8. The van der Waals surface area contributed by atoms with E-state index in [-0.39, 0.29) is 6.03 Å². The van der Waals surface area contributed by atoms with E-state index in [1.807, 2.05) is 19.1 Å². The van der Waals surface area contributed by atoms with Gasteiger partial charge in [-0.2, -0.15) is 0 Å². The predicted octanol–water partition coefficient (Wildman–Crippen LogP) is 3.83. The number of anilines is 3. The highest BCUT2D eigenvalue weighted by atomic mass is 35.5. The van der Waals surface area contributed by atoms with E-state index >= 15 is 0 Å². The zero-order valence-electron chi connectivity index (χ0n) is 11.7. The van der Waals surface area contributed by atoms with E-state index in [0.29, 0.717) is 22.9 Å². The van der Waals surface area contributed by atoms with Crippen LogP contribution in [0.1, 0.15) is 11.1 Å². The van der Waals surface area contributed by atoms with E-state index in [1.165, 1.54) is 0 Å². The maximum Gasteiger partial charge on any atom is 0.326 e. The summed E-state index contributed by atoms with van der Waals surface area (Å²) in [6, 6.07) is 10.9. The molecule has 0 aromatic heterocycles. The molecule has 1 heterocycles. The lowest BCUT2D eigenvalue weighted by atomic mass is 10.1. The molecule has 3 rings (SSSR count). The summed E-state index contributed by atoms with van der Waals surface area (Å²) >= 11 is 5.93. The molecule has 1 aliphatic rings. The van der Waals surface area contributed by atoms with Crippen LogP contribution < -0.4 is 16.0 Å². The Morgan fingerprint density at radius 2 is 2.14 bits per heavy atom. The molecule has 0 saturated heterocycles. The SMILES string of the molecule is Cc1cc2c(cc1N)N(C(=O)Nc1cccc(Cl)c1)CC2. The second kappa shape index (κ2) is 5.30. The van der Waals surface area contributed by atoms with Crippen LogP contribution >= 0.6 is 11.6 Å². The van der Waals surface area contributed by atoms with Crippen molar-refractivity contribution in [2.24, 2.45) is 0 Å². The molecule has 2 aromatic carbocycles. The molecule has 0 fully saturated rings. The average molecular weight is 302 g/mol. The summed E-state index contributed by atoms with van der Waals surface area (Å²) < 4.78 is 0. The van der Waals surface area contributed by atoms with Crippen molar-refractivity contribution in [1.29, 1.82) is 0 Å². The molecule has 5 heteroatoms.